The van der Waals surface area contributed by atoms with Crippen molar-refractivity contribution in [3.8, 4) is 5.75 Å². The highest BCUT2D eigenvalue weighted by molar-refractivity contribution is 6.52. The van der Waals surface area contributed by atoms with Gasteiger partial charge >= 0.3 is 0 Å². The van der Waals surface area contributed by atoms with E-state index in [1.54, 1.807) is 13.0 Å². The molecule has 1 amide bonds. The number of ketones is 1. The first kappa shape index (κ1) is 21.6. The second kappa shape index (κ2) is 8.47. The molecule has 2 heterocycles. The molecular weight excluding hydrogens is 444 g/mol. The van der Waals surface area contributed by atoms with Gasteiger partial charge in [-0.05, 0) is 49.4 Å². The maximum absolute atomic E-state index is 14.6. The average molecular weight is 460 g/mol. The molecule has 1 atom stereocenters. The Bertz CT molecular complexity index is 1240. The van der Waals surface area contributed by atoms with Crippen LogP contribution in [0.15, 0.2) is 64.8 Å². The molecule has 0 radical (unpaired) electrons. The van der Waals surface area contributed by atoms with Crippen molar-refractivity contribution in [3.05, 3.63) is 88.3 Å². The number of Topliss-reactive ketones (excluding diaryl/α,β-unsaturated/α-hetero) is 1. The number of carbonyl (C=O) groups is 2. The van der Waals surface area contributed by atoms with Gasteiger partial charge in [0.2, 0.25) is 0 Å². The zero-order chi connectivity index (χ0) is 23.0. The van der Waals surface area contributed by atoms with Crippen LogP contribution in [-0.2, 0) is 9.59 Å². The SMILES string of the molecule is CCOc1ccc(Cl)c(/C(O)=C2/C(=O)C(=O)N(c3ccc(F)cc3F)C2c2ccco2)c1. The van der Waals surface area contributed by atoms with Crippen molar-refractivity contribution < 1.29 is 32.6 Å². The molecule has 164 valence electrons. The molecule has 1 fully saturated rings. The minimum atomic E-state index is -1.31. The summed E-state index contributed by atoms with van der Waals surface area (Å²) in [5.74, 6) is -4.21. The summed E-state index contributed by atoms with van der Waals surface area (Å²) in [5, 5.41) is 11.2. The monoisotopic (exact) mass is 459 g/mol. The number of benzene rings is 2. The summed E-state index contributed by atoms with van der Waals surface area (Å²) in [6, 6.07) is 8.74. The molecule has 0 aliphatic carbocycles. The van der Waals surface area contributed by atoms with Crippen LogP contribution in [0.4, 0.5) is 14.5 Å². The molecule has 9 heteroatoms. The maximum atomic E-state index is 14.6. The Balaban J connectivity index is 1.94. The number of carbonyl (C=O) groups excluding carboxylic acids is 2. The van der Waals surface area contributed by atoms with Crippen molar-refractivity contribution in [1.29, 1.82) is 0 Å². The first-order valence-corrected chi connectivity index (χ1v) is 9.93. The van der Waals surface area contributed by atoms with E-state index in [9.17, 15) is 23.5 Å². The molecule has 1 aromatic heterocycles. The lowest BCUT2D eigenvalue weighted by molar-refractivity contribution is -0.132. The van der Waals surface area contributed by atoms with Crippen molar-refractivity contribution in [2.45, 2.75) is 13.0 Å². The first-order valence-electron chi connectivity index (χ1n) is 9.55. The number of aliphatic hydroxyl groups is 1. The van der Waals surface area contributed by atoms with E-state index >= 15 is 0 Å². The van der Waals surface area contributed by atoms with Crippen LogP contribution in [-0.4, -0.2) is 23.4 Å². The summed E-state index contributed by atoms with van der Waals surface area (Å²) < 4.78 is 38.8. The van der Waals surface area contributed by atoms with Gasteiger partial charge in [-0.15, -0.1) is 0 Å². The second-order valence-corrected chi connectivity index (χ2v) is 7.26. The van der Waals surface area contributed by atoms with E-state index in [4.69, 9.17) is 20.8 Å². The highest BCUT2D eigenvalue weighted by Gasteiger charge is 2.49. The Hall–Kier alpha value is -3.65. The number of aliphatic hydroxyl groups excluding tert-OH is 1. The number of furan rings is 1. The van der Waals surface area contributed by atoms with E-state index in [1.807, 2.05) is 0 Å². The quantitative estimate of drug-likeness (QED) is 0.321. The normalized spacial score (nSPS) is 17.8. The molecule has 1 aliphatic rings. The number of anilines is 1. The minimum absolute atomic E-state index is 0.0479. The van der Waals surface area contributed by atoms with Gasteiger partial charge in [-0.25, -0.2) is 8.78 Å². The van der Waals surface area contributed by atoms with E-state index in [0.717, 1.165) is 17.0 Å². The number of hydrogen-bond acceptors (Lipinski definition) is 5. The van der Waals surface area contributed by atoms with Crippen LogP contribution < -0.4 is 9.64 Å². The molecule has 1 unspecified atom stereocenters. The maximum Gasteiger partial charge on any atom is 0.300 e. The van der Waals surface area contributed by atoms with E-state index in [2.05, 4.69) is 0 Å². The number of amides is 1. The third kappa shape index (κ3) is 3.62. The molecule has 4 rings (SSSR count). The van der Waals surface area contributed by atoms with Gasteiger partial charge in [0.25, 0.3) is 11.7 Å². The lowest BCUT2D eigenvalue weighted by atomic mass is 9.99. The fourth-order valence-electron chi connectivity index (χ4n) is 3.56. The molecule has 0 bridgehead atoms. The first-order chi connectivity index (χ1) is 15.3. The summed E-state index contributed by atoms with van der Waals surface area (Å²) in [5.41, 5.74) is -0.654. The van der Waals surface area contributed by atoms with E-state index in [-0.39, 0.29) is 27.6 Å². The van der Waals surface area contributed by atoms with Gasteiger partial charge in [0, 0.05) is 11.6 Å². The van der Waals surface area contributed by atoms with Crippen LogP contribution in [0.1, 0.15) is 24.3 Å². The van der Waals surface area contributed by atoms with Gasteiger partial charge in [0.05, 0.1) is 29.2 Å². The standard InChI is InChI=1S/C23H16ClF2NO5/c1-2-31-13-6-7-15(24)14(11-13)21(28)19-20(18-4-3-9-32-18)27(23(30)22(19)29)17-8-5-12(25)10-16(17)26/h3-11,20,28H,2H2,1H3/b21-19-. The van der Waals surface area contributed by atoms with Crippen molar-refractivity contribution in [2.75, 3.05) is 11.5 Å². The minimum Gasteiger partial charge on any atom is -0.507 e. The number of halogens is 3. The Labute approximate surface area is 186 Å². The molecule has 1 aliphatic heterocycles. The number of rotatable bonds is 5. The highest BCUT2D eigenvalue weighted by atomic mass is 35.5. The van der Waals surface area contributed by atoms with E-state index in [0.29, 0.717) is 18.4 Å². The van der Waals surface area contributed by atoms with Crippen molar-refractivity contribution in [1.82, 2.24) is 0 Å². The smallest absolute Gasteiger partial charge is 0.300 e. The van der Waals surface area contributed by atoms with Crippen LogP contribution in [0.2, 0.25) is 5.02 Å². The molecule has 1 N–H and O–H groups in total. The number of ether oxygens (including phenoxy) is 1. The molecule has 1 saturated heterocycles. The zero-order valence-electron chi connectivity index (χ0n) is 16.6. The molecule has 2 aromatic carbocycles. The van der Waals surface area contributed by atoms with Gasteiger partial charge in [-0.2, -0.15) is 0 Å². The Morgan fingerprint density at radius 1 is 1.19 bits per heavy atom. The summed E-state index contributed by atoms with van der Waals surface area (Å²) in [6.45, 7) is 2.12. The van der Waals surface area contributed by atoms with Crippen LogP contribution in [0.3, 0.4) is 0 Å². The third-order valence-corrected chi connectivity index (χ3v) is 5.26. The summed E-state index contributed by atoms with van der Waals surface area (Å²) in [6.07, 6.45) is 1.30. The van der Waals surface area contributed by atoms with Crippen LogP contribution >= 0.6 is 11.6 Å². The molecular formula is C23H16ClF2NO5. The third-order valence-electron chi connectivity index (χ3n) is 4.93. The molecule has 6 nitrogen and oxygen atoms in total. The summed E-state index contributed by atoms with van der Waals surface area (Å²) in [4.78, 5) is 26.7. The molecule has 0 spiro atoms. The molecule has 0 saturated carbocycles. The van der Waals surface area contributed by atoms with E-state index < -0.39 is 35.1 Å². The van der Waals surface area contributed by atoms with Gasteiger partial charge < -0.3 is 14.3 Å². The Morgan fingerprint density at radius 3 is 2.62 bits per heavy atom. The predicted octanol–water partition coefficient (Wildman–Crippen LogP) is 5.24. The lowest BCUT2D eigenvalue weighted by Crippen LogP contribution is -2.30. The van der Waals surface area contributed by atoms with Crippen LogP contribution in [0.25, 0.3) is 5.76 Å². The average Bonchev–Trinajstić information content (AvgIpc) is 3.37. The Kier molecular flexibility index (Phi) is 5.71. The van der Waals surface area contributed by atoms with Crippen LogP contribution in [0.5, 0.6) is 5.75 Å². The molecule has 32 heavy (non-hydrogen) atoms. The fourth-order valence-corrected chi connectivity index (χ4v) is 3.77. The van der Waals surface area contributed by atoms with Crippen molar-refractivity contribution in [2.24, 2.45) is 0 Å². The van der Waals surface area contributed by atoms with Gasteiger partial charge in [-0.1, -0.05) is 11.6 Å². The number of hydrogen-bond donors (Lipinski definition) is 1. The fraction of sp³-hybridized carbons (Fsp3) is 0.130. The van der Waals surface area contributed by atoms with Gasteiger partial charge in [-0.3, -0.25) is 14.5 Å². The highest BCUT2D eigenvalue weighted by Crippen LogP contribution is 2.44. The molecule has 3 aromatic rings. The second-order valence-electron chi connectivity index (χ2n) is 6.85. The Morgan fingerprint density at radius 2 is 1.97 bits per heavy atom. The van der Waals surface area contributed by atoms with Gasteiger partial charge in [0.15, 0.2) is 0 Å². The summed E-state index contributed by atoms with van der Waals surface area (Å²) >= 11 is 6.24. The van der Waals surface area contributed by atoms with Crippen molar-refractivity contribution >= 4 is 34.7 Å². The predicted molar refractivity (Wildman–Crippen MR) is 112 cm³/mol. The van der Waals surface area contributed by atoms with Crippen LogP contribution in [0, 0.1) is 11.6 Å². The van der Waals surface area contributed by atoms with Crippen molar-refractivity contribution in [3.63, 3.8) is 0 Å². The number of nitrogens with zero attached hydrogens (tertiary/aromatic N) is 1. The summed E-state index contributed by atoms with van der Waals surface area (Å²) in [7, 11) is 0. The zero-order valence-corrected chi connectivity index (χ0v) is 17.4. The topological polar surface area (TPSA) is 80.0 Å². The lowest BCUT2D eigenvalue weighted by Gasteiger charge is -2.23. The van der Waals surface area contributed by atoms with E-state index in [1.165, 1.54) is 30.5 Å². The largest absolute Gasteiger partial charge is 0.507 e. The van der Waals surface area contributed by atoms with Gasteiger partial charge in [0.1, 0.15) is 34.9 Å².